The number of hydrogen-bond donors (Lipinski definition) is 0. The van der Waals surface area contributed by atoms with Crippen molar-refractivity contribution in [3.8, 4) is 6.07 Å². The molecule has 0 atom stereocenters. The van der Waals surface area contributed by atoms with Crippen molar-refractivity contribution in [3.05, 3.63) is 18.1 Å². The maximum atomic E-state index is 8.67. The average Bonchev–Trinajstić information content (AvgIpc) is 2.04. The fourth-order valence-electron chi connectivity index (χ4n) is 0.711. The summed E-state index contributed by atoms with van der Waals surface area (Å²) >= 11 is 1.55. The minimum absolute atomic E-state index is 0.413. The monoisotopic (exact) mass is 179 g/mol. The van der Waals surface area contributed by atoms with Gasteiger partial charge in [0.05, 0.1) is 0 Å². The molecule has 4 heteroatoms. The largest absolute Gasteiger partial charge is 0.245 e. The van der Waals surface area contributed by atoms with E-state index in [1.54, 1.807) is 18.0 Å². The lowest BCUT2D eigenvalue weighted by Gasteiger charge is -2.03. The van der Waals surface area contributed by atoms with Crippen LogP contribution < -0.4 is 0 Å². The van der Waals surface area contributed by atoms with Crippen molar-refractivity contribution in [2.45, 2.75) is 24.1 Å². The van der Waals surface area contributed by atoms with Gasteiger partial charge in [-0.15, -0.1) is 11.8 Å². The van der Waals surface area contributed by atoms with Gasteiger partial charge >= 0.3 is 0 Å². The van der Waals surface area contributed by atoms with Gasteiger partial charge in [0, 0.05) is 17.6 Å². The summed E-state index contributed by atoms with van der Waals surface area (Å²) in [6, 6.07) is 2.01. The van der Waals surface area contributed by atoms with Crippen molar-refractivity contribution in [2.24, 2.45) is 0 Å². The molecule has 1 heterocycles. The Labute approximate surface area is 75.8 Å². The average molecular weight is 179 g/mol. The molecule has 62 valence electrons. The zero-order valence-electron chi connectivity index (χ0n) is 6.98. The van der Waals surface area contributed by atoms with Crippen LogP contribution in [-0.2, 0) is 0 Å². The molecule has 0 bridgehead atoms. The first-order valence-corrected chi connectivity index (χ1v) is 4.49. The van der Waals surface area contributed by atoms with Gasteiger partial charge in [-0.2, -0.15) is 5.26 Å². The van der Waals surface area contributed by atoms with Crippen LogP contribution in [0.4, 0.5) is 0 Å². The minimum Gasteiger partial charge on any atom is -0.245 e. The third-order valence-electron chi connectivity index (χ3n) is 1.12. The van der Waals surface area contributed by atoms with E-state index in [1.165, 1.54) is 6.20 Å². The quantitative estimate of drug-likeness (QED) is 0.650. The van der Waals surface area contributed by atoms with Gasteiger partial charge in [-0.3, -0.25) is 0 Å². The van der Waals surface area contributed by atoms with Crippen molar-refractivity contribution in [3.63, 3.8) is 0 Å². The number of aromatic nitrogens is 2. The van der Waals surface area contributed by atoms with Crippen molar-refractivity contribution >= 4 is 11.8 Å². The highest BCUT2D eigenvalue weighted by atomic mass is 32.2. The fourth-order valence-corrected chi connectivity index (χ4v) is 1.49. The first kappa shape index (κ1) is 9.01. The predicted octanol–water partition coefficient (Wildman–Crippen LogP) is 1.85. The summed E-state index contributed by atoms with van der Waals surface area (Å²) in [4.78, 5) is 7.97. The van der Waals surface area contributed by atoms with Crippen molar-refractivity contribution in [1.29, 1.82) is 5.26 Å². The minimum atomic E-state index is 0.413. The highest BCUT2D eigenvalue weighted by Crippen LogP contribution is 2.21. The predicted molar refractivity (Wildman–Crippen MR) is 47.7 cm³/mol. The van der Waals surface area contributed by atoms with E-state index in [2.05, 4.69) is 23.8 Å². The lowest BCUT2D eigenvalue weighted by molar-refractivity contribution is 1.01. The molecule has 1 aromatic heterocycles. The van der Waals surface area contributed by atoms with E-state index in [-0.39, 0.29) is 0 Å². The van der Waals surface area contributed by atoms with Crippen molar-refractivity contribution in [1.82, 2.24) is 9.97 Å². The smallest absolute Gasteiger partial charge is 0.172 e. The molecule has 0 radical (unpaired) electrons. The van der Waals surface area contributed by atoms with Gasteiger partial charge in [0.25, 0.3) is 0 Å². The third kappa shape index (κ3) is 2.21. The Kier molecular flexibility index (Phi) is 3.06. The van der Waals surface area contributed by atoms with E-state index in [4.69, 9.17) is 5.26 Å². The van der Waals surface area contributed by atoms with Crippen LogP contribution in [0.3, 0.4) is 0 Å². The van der Waals surface area contributed by atoms with Crippen LogP contribution >= 0.6 is 11.8 Å². The molecule has 1 rings (SSSR count). The molecule has 0 saturated carbocycles. The molecule has 12 heavy (non-hydrogen) atoms. The number of hydrogen-bond acceptors (Lipinski definition) is 4. The first-order valence-electron chi connectivity index (χ1n) is 3.62. The molecule has 0 unspecified atom stereocenters. The number of nitriles is 1. The van der Waals surface area contributed by atoms with Crippen LogP contribution in [0, 0.1) is 11.3 Å². The van der Waals surface area contributed by atoms with Gasteiger partial charge in [0.15, 0.2) is 5.69 Å². The molecular weight excluding hydrogens is 170 g/mol. The Morgan fingerprint density at radius 3 is 2.67 bits per heavy atom. The molecule has 1 aromatic rings. The lowest BCUT2D eigenvalue weighted by Crippen LogP contribution is -1.94. The summed E-state index contributed by atoms with van der Waals surface area (Å²) in [6.45, 7) is 4.11. The van der Waals surface area contributed by atoms with Gasteiger partial charge in [-0.1, -0.05) is 13.8 Å². The van der Waals surface area contributed by atoms with Crippen molar-refractivity contribution in [2.75, 3.05) is 0 Å². The molecule has 0 spiro atoms. The molecule has 3 nitrogen and oxygen atoms in total. The second-order valence-corrected chi connectivity index (χ2v) is 4.05. The molecule has 0 N–H and O–H groups in total. The van der Waals surface area contributed by atoms with Crippen LogP contribution in [0.25, 0.3) is 0 Å². The SMILES string of the molecule is CC(C)Sc1nccnc1C#N. The normalized spacial score (nSPS) is 9.83. The lowest BCUT2D eigenvalue weighted by atomic mass is 10.5. The molecule has 0 fully saturated rings. The molecule has 0 saturated heterocycles. The van der Waals surface area contributed by atoms with Gasteiger partial charge < -0.3 is 0 Å². The third-order valence-corrected chi connectivity index (χ3v) is 2.11. The Morgan fingerprint density at radius 2 is 2.08 bits per heavy atom. The van der Waals surface area contributed by atoms with Crippen molar-refractivity contribution < 1.29 is 0 Å². The fraction of sp³-hybridized carbons (Fsp3) is 0.375. The highest BCUT2D eigenvalue weighted by Gasteiger charge is 2.05. The van der Waals surface area contributed by atoms with E-state index in [0.717, 1.165) is 5.03 Å². The first-order chi connectivity index (χ1) is 5.74. The molecule has 0 amide bonds. The summed E-state index contributed by atoms with van der Waals surface area (Å²) in [5.41, 5.74) is 0.413. The maximum Gasteiger partial charge on any atom is 0.172 e. The van der Waals surface area contributed by atoms with E-state index >= 15 is 0 Å². The second kappa shape index (κ2) is 4.07. The standard InChI is InChI=1S/C8H9N3S/c1-6(2)12-8-7(5-9)10-3-4-11-8/h3-4,6H,1-2H3. The summed E-state index contributed by atoms with van der Waals surface area (Å²) in [5, 5.41) is 9.81. The Hall–Kier alpha value is -1.08. The number of nitrogens with zero attached hydrogens (tertiary/aromatic N) is 3. The number of thioether (sulfide) groups is 1. The van der Waals surface area contributed by atoms with E-state index in [0.29, 0.717) is 10.9 Å². The van der Waals surface area contributed by atoms with Crippen LogP contribution in [0.1, 0.15) is 19.5 Å². The van der Waals surface area contributed by atoms with E-state index in [9.17, 15) is 0 Å². The second-order valence-electron chi connectivity index (χ2n) is 2.49. The summed E-state index contributed by atoms with van der Waals surface area (Å²) in [6.07, 6.45) is 3.13. The zero-order chi connectivity index (χ0) is 8.97. The maximum absolute atomic E-state index is 8.67. The Morgan fingerprint density at radius 1 is 1.42 bits per heavy atom. The molecule has 0 aromatic carbocycles. The molecule has 0 aliphatic carbocycles. The van der Waals surface area contributed by atoms with Crippen LogP contribution in [0.2, 0.25) is 0 Å². The summed E-state index contributed by atoms with van der Waals surface area (Å²) in [5.74, 6) is 0. The van der Waals surface area contributed by atoms with Crippen LogP contribution in [0.15, 0.2) is 17.4 Å². The zero-order valence-corrected chi connectivity index (χ0v) is 7.80. The molecule has 0 aliphatic rings. The Balaban J connectivity index is 2.91. The summed E-state index contributed by atoms with van der Waals surface area (Å²) in [7, 11) is 0. The summed E-state index contributed by atoms with van der Waals surface area (Å²) < 4.78 is 0. The Bertz CT molecular complexity index is 303. The highest BCUT2D eigenvalue weighted by molar-refractivity contribution is 7.99. The number of rotatable bonds is 2. The molecular formula is C8H9N3S. The van der Waals surface area contributed by atoms with E-state index < -0.39 is 0 Å². The van der Waals surface area contributed by atoms with Gasteiger partial charge in [0.2, 0.25) is 0 Å². The van der Waals surface area contributed by atoms with Gasteiger partial charge in [-0.25, -0.2) is 9.97 Å². The van der Waals surface area contributed by atoms with E-state index in [1.807, 2.05) is 6.07 Å². The van der Waals surface area contributed by atoms with Gasteiger partial charge in [0.1, 0.15) is 11.1 Å². The van der Waals surface area contributed by atoms with Gasteiger partial charge in [-0.05, 0) is 0 Å². The topological polar surface area (TPSA) is 49.6 Å². The van der Waals surface area contributed by atoms with Crippen LogP contribution in [0.5, 0.6) is 0 Å². The molecule has 0 aliphatic heterocycles. The van der Waals surface area contributed by atoms with Crippen LogP contribution in [-0.4, -0.2) is 15.2 Å².